The molecule has 0 spiro atoms. The molecule has 2 aromatic heterocycles. The molecule has 12 heteroatoms. The lowest BCUT2D eigenvalue weighted by molar-refractivity contribution is -0.130. The van der Waals surface area contributed by atoms with Crippen LogP contribution in [0.15, 0.2) is 113 Å². The molecular weight excluding hydrogens is 621 g/mol. The van der Waals surface area contributed by atoms with Gasteiger partial charge in [0.05, 0.1) is 42.6 Å². The number of carbonyl (C=O) groups excluding carboxylic acids is 2. The minimum Gasteiger partial charge on any atom is -0.497 e. The summed E-state index contributed by atoms with van der Waals surface area (Å²) in [6, 6.07) is 30.6. The van der Waals surface area contributed by atoms with E-state index in [2.05, 4.69) is 15.5 Å². The number of carbonyl (C=O) groups is 2. The van der Waals surface area contributed by atoms with Crippen LogP contribution >= 0.6 is 23.1 Å². The van der Waals surface area contributed by atoms with Crippen molar-refractivity contribution in [3.63, 3.8) is 0 Å². The van der Waals surface area contributed by atoms with Crippen molar-refractivity contribution >= 4 is 40.6 Å². The molecule has 10 nitrogen and oxygen atoms in total. The van der Waals surface area contributed by atoms with Gasteiger partial charge >= 0.3 is 0 Å². The van der Waals surface area contributed by atoms with Crippen LogP contribution < -0.4 is 14.8 Å². The van der Waals surface area contributed by atoms with E-state index in [9.17, 15) is 9.59 Å². The van der Waals surface area contributed by atoms with Crippen molar-refractivity contribution in [2.75, 3.05) is 19.5 Å². The van der Waals surface area contributed by atoms with Crippen LogP contribution in [0.3, 0.4) is 0 Å². The molecule has 5 aromatic rings. The number of methoxy groups -OCH3 is 1. The second kappa shape index (κ2) is 14.9. The second-order valence-corrected chi connectivity index (χ2v) is 12.3. The molecule has 1 unspecified atom stereocenters. The van der Waals surface area contributed by atoms with Crippen molar-refractivity contribution in [2.24, 2.45) is 5.10 Å². The Labute approximate surface area is 275 Å². The highest BCUT2D eigenvalue weighted by Gasteiger charge is 2.33. The zero-order valence-electron chi connectivity index (χ0n) is 25.1. The van der Waals surface area contributed by atoms with Crippen molar-refractivity contribution in [1.82, 2.24) is 25.1 Å². The minimum atomic E-state index is -0.277. The third-order valence-electron chi connectivity index (χ3n) is 7.33. The first-order valence-corrected chi connectivity index (χ1v) is 16.5. The molecule has 3 heterocycles. The lowest BCUT2D eigenvalue weighted by atomic mass is 10.0. The first kappa shape index (κ1) is 31.1. The summed E-state index contributed by atoms with van der Waals surface area (Å²) in [6.07, 6.45) is 0.616. The average molecular weight is 653 g/mol. The van der Waals surface area contributed by atoms with Crippen molar-refractivity contribution in [2.45, 2.75) is 30.7 Å². The summed E-state index contributed by atoms with van der Waals surface area (Å²) >= 11 is 2.91. The van der Waals surface area contributed by atoms with Gasteiger partial charge in [-0.15, -0.1) is 21.5 Å². The predicted molar refractivity (Wildman–Crippen MR) is 178 cm³/mol. The van der Waals surface area contributed by atoms with E-state index in [1.807, 2.05) is 94.9 Å². The number of hydrogen-bond acceptors (Lipinski definition) is 9. The summed E-state index contributed by atoms with van der Waals surface area (Å²) in [6.45, 7) is 0.520. The van der Waals surface area contributed by atoms with Gasteiger partial charge < -0.3 is 19.4 Å². The third-order valence-corrected chi connectivity index (χ3v) is 9.20. The molecule has 234 valence electrons. The van der Waals surface area contributed by atoms with Gasteiger partial charge in [0.15, 0.2) is 17.6 Å². The molecule has 1 N–H and O–H groups in total. The molecule has 1 atom stereocenters. The van der Waals surface area contributed by atoms with Crippen LogP contribution in [0.1, 0.15) is 34.3 Å². The van der Waals surface area contributed by atoms with Gasteiger partial charge in [0.1, 0.15) is 11.5 Å². The van der Waals surface area contributed by atoms with Crippen molar-refractivity contribution in [1.29, 1.82) is 0 Å². The van der Waals surface area contributed by atoms with Crippen LogP contribution in [0, 0.1) is 0 Å². The first-order chi connectivity index (χ1) is 22.6. The number of hydrazone groups is 1. The van der Waals surface area contributed by atoms with E-state index < -0.39 is 0 Å². The molecule has 0 radical (unpaired) electrons. The lowest BCUT2D eigenvalue weighted by Gasteiger charge is -2.22. The lowest BCUT2D eigenvalue weighted by Crippen LogP contribution is -2.30. The average Bonchev–Trinajstić information content (AvgIpc) is 3.87. The Hall–Kier alpha value is -4.94. The summed E-state index contributed by atoms with van der Waals surface area (Å²) in [4.78, 5) is 27.4. The quantitative estimate of drug-likeness (QED) is 0.166. The minimum absolute atomic E-state index is 0.109. The molecule has 0 aliphatic carbocycles. The van der Waals surface area contributed by atoms with Crippen molar-refractivity contribution in [3.05, 3.63) is 124 Å². The van der Waals surface area contributed by atoms with Crippen LogP contribution in [0.25, 0.3) is 0 Å². The molecule has 0 bridgehead atoms. The standard InChI is InChI=1S/C34H32N6O4S2/c1-43-26-16-14-25(15-17-26)29-19-28(30-13-8-18-45-30)38-40(29)33(42)23-46-34-37-36-31(39(34)21-24-9-4-2-5-10-24)20-35-32(41)22-44-27-11-6-3-7-12-27/h2-18,29H,19-23H2,1H3,(H,35,41). The van der Waals surface area contributed by atoms with Crippen molar-refractivity contribution in [3.8, 4) is 11.5 Å². The van der Waals surface area contributed by atoms with E-state index in [0.29, 0.717) is 29.7 Å². The Morgan fingerprint density at radius 3 is 2.41 bits per heavy atom. The summed E-state index contributed by atoms with van der Waals surface area (Å²) in [5, 5.41) is 20.6. The SMILES string of the molecule is COc1ccc(C2CC(c3cccs3)=NN2C(=O)CSc2nnc(CNC(=O)COc3ccccc3)n2Cc2ccccc2)cc1. The molecule has 46 heavy (non-hydrogen) atoms. The molecule has 0 saturated heterocycles. The van der Waals surface area contributed by atoms with Crippen LogP contribution in [0.4, 0.5) is 0 Å². The summed E-state index contributed by atoms with van der Waals surface area (Å²) in [5.41, 5.74) is 2.91. The van der Waals surface area contributed by atoms with Gasteiger partial charge in [-0.05, 0) is 46.8 Å². The number of para-hydroxylation sites is 1. The number of thiophene rings is 1. The highest BCUT2D eigenvalue weighted by Crippen LogP contribution is 2.35. The normalized spacial score (nSPS) is 14.2. The highest BCUT2D eigenvalue weighted by atomic mass is 32.2. The van der Waals surface area contributed by atoms with Gasteiger partial charge in [0, 0.05) is 6.42 Å². The Morgan fingerprint density at radius 1 is 0.935 bits per heavy atom. The fourth-order valence-corrected chi connectivity index (χ4v) is 6.52. The van der Waals surface area contributed by atoms with Gasteiger partial charge in [0.2, 0.25) is 0 Å². The fourth-order valence-electron chi connectivity index (χ4n) is 4.99. The number of hydrogen-bond donors (Lipinski definition) is 1. The molecule has 1 aliphatic rings. The summed E-state index contributed by atoms with van der Waals surface area (Å²) in [7, 11) is 1.63. The number of nitrogens with one attached hydrogen (secondary N) is 1. The Balaban J connectivity index is 1.16. The number of ether oxygens (including phenoxy) is 2. The summed E-state index contributed by atoms with van der Waals surface area (Å²) < 4.78 is 12.8. The molecule has 6 rings (SSSR count). The predicted octanol–water partition coefficient (Wildman–Crippen LogP) is 5.56. The van der Waals surface area contributed by atoms with Crippen LogP contribution in [-0.4, -0.2) is 56.8 Å². The van der Waals surface area contributed by atoms with Gasteiger partial charge in [-0.2, -0.15) is 5.10 Å². The largest absolute Gasteiger partial charge is 0.497 e. The van der Waals surface area contributed by atoms with Gasteiger partial charge in [0.25, 0.3) is 11.8 Å². The third kappa shape index (κ3) is 7.64. The Kier molecular flexibility index (Phi) is 10.1. The maximum Gasteiger partial charge on any atom is 0.258 e. The van der Waals surface area contributed by atoms with Crippen LogP contribution in [0.5, 0.6) is 11.5 Å². The molecule has 1 aliphatic heterocycles. The molecule has 0 saturated carbocycles. The van der Waals surface area contributed by atoms with Gasteiger partial charge in [-0.3, -0.25) is 9.59 Å². The zero-order valence-corrected chi connectivity index (χ0v) is 26.7. The fraction of sp³-hybridized carbons (Fsp3) is 0.206. The summed E-state index contributed by atoms with van der Waals surface area (Å²) in [5.74, 6) is 1.63. The van der Waals surface area contributed by atoms with E-state index >= 15 is 0 Å². The smallest absolute Gasteiger partial charge is 0.258 e. The number of nitrogens with zero attached hydrogens (tertiary/aromatic N) is 5. The zero-order chi connectivity index (χ0) is 31.7. The second-order valence-electron chi connectivity index (χ2n) is 10.4. The van der Waals surface area contributed by atoms with Crippen LogP contribution in [-0.2, 0) is 22.7 Å². The number of rotatable bonds is 13. The highest BCUT2D eigenvalue weighted by molar-refractivity contribution is 7.99. The molecule has 2 amide bonds. The first-order valence-electron chi connectivity index (χ1n) is 14.7. The van der Waals surface area contributed by atoms with Gasteiger partial charge in [-0.1, -0.05) is 78.5 Å². The Bertz CT molecular complexity index is 1780. The van der Waals surface area contributed by atoms with E-state index in [1.54, 1.807) is 35.6 Å². The number of aromatic nitrogens is 3. The maximum absolute atomic E-state index is 13.8. The maximum atomic E-state index is 13.8. The molecule has 0 fully saturated rings. The van der Waals surface area contributed by atoms with E-state index in [-0.39, 0.29) is 36.8 Å². The van der Waals surface area contributed by atoms with E-state index in [4.69, 9.17) is 14.6 Å². The number of benzene rings is 3. The topological polar surface area (TPSA) is 111 Å². The van der Waals surface area contributed by atoms with Crippen LogP contribution in [0.2, 0.25) is 0 Å². The monoisotopic (exact) mass is 652 g/mol. The Morgan fingerprint density at radius 2 is 1.70 bits per heavy atom. The van der Waals surface area contributed by atoms with Gasteiger partial charge in [-0.25, -0.2) is 5.01 Å². The number of amides is 2. The van der Waals surface area contributed by atoms with E-state index in [1.165, 1.54) is 11.8 Å². The number of thioether (sulfide) groups is 1. The molecule has 3 aromatic carbocycles. The van der Waals surface area contributed by atoms with E-state index in [0.717, 1.165) is 27.5 Å². The van der Waals surface area contributed by atoms with Crippen molar-refractivity contribution < 1.29 is 19.1 Å². The molecular formula is C34H32N6O4S2.